The van der Waals surface area contributed by atoms with Gasteiger partial charge in [0.25, 0.3) is 0 Å². The minimum Gasteiger partial charge on any atom is -0.376 e. The van der Waals surface area contributed by atoms with Crippen LogP contribution in [-0.2, 0) is 17.5 Å². The van der Waals surface area contributed by atoms with Gasteiger partial charge in [-0.2, -0.15) is 13.2 Å². The SMILES string of the molecule is FC(F)(F)c1ccc(CN2CCC(CCC3CNCCO3)CC2)cn1. The lowest BCUT2D eigenvalue weighted by molar-refractivity contribution is -0.141. The normalized spacial score (nSPS) is 23.7. The Bertz CT molecular complexity index is 521. The number of rotatable bonds is 5. The zero-order valence-electron chi connectivity index (χ0n) is 14.4. The summed E-state index contributed by atoms with van der Waals surface area (Å²) in [4.78, 5) is 5.85. The molecular formula is C18H26F3N3O. The van der Waals surface area contributed by atoms with Crippen LogP contribution in [0.1, 0.15) is 36.9 Å². The molecule has 0 saturated carbocycles. The maximum absolute atomic E-state index is 12.5. The zero-order chi connectivity index (χ0) is 17.7. The average Bonchev–Trinajstić information content (AvgIpc) is 2.62. The first-order valence-electron chi connectivity index (χ1n) is 9.07. The summed E-state index contributed by atoms with van der Waals surface area (Å²) in [5, 5.41) is 3.36. The monoisotopic (exact) mass is 357 g/mol. The number of ether oxygens (including phenoxy) is 1. The van der Waals surface area contributed by atoms with Gasteiger partial charge in [-0.25, -0.2) is 0 Å². The molecule has 1 atom stereocenters. The molecule has 0 radical (unpaired) electrons. The van der Waals surface area contributed by atoms with E-state index in [9.17, 15) is 13.2 Å². The summed E-state index contributed by atoms with van der Waals surface area (Å²) >= 11 is 0. The van der Waals surface area contributed by atoms with Gasteiger partial charge in [-0.3, -0.25) is 9.88 Å². The van der Waals surface area contributed by atoms with E-state index < -0.39 is 11.9 Å². The van der Waals surface area contributed by atoms with Crippen LogP contribution in [0, 0.1) is 5.92 Å². The van der Waals surface area contributed by atoms with Crippen molar-refractivity contribution >= 4 is 0 Å². The van der Waals surface area contributed by atoms with E-state index in [0.29, 0.717) is 12.6 Å². The number of nitrogens with zero attached hydrogens (tertiary/aromatic N) is 2. The first kappa shape index (κ1) is 18.6. The molecule has 0 aliphatic carbocycles. The molecule has 1 aromatic rings. The van der Waals surface area contributed by atoms with Crippen LogP contribution in [-0.4, -0.2) is 48.8 Å². The Kier molecular flexibility index (Phi) is 6.30. The molecule has 3 heterocycles. The molecule has 0 bridgehead atoms. The number of piperidine rings is 1. The lowest BCUT2D eigenvalue weighted by Crippen LogP contribution is -2.39. The fraction of sp³-hybridized carbons (Fsp3) is 0.722. The van der Waals surface area contributed by atoms with Crippen molar-refractivity contribution in [2.24, 2.45) is 5.92 Å². The van der Waals surface area contributed by atoms with E-state index in [4.69, 9.17) is 4.74 Å². The van der Waals surface area contributed by atoms with E-state index in [-0.39, 0.29) is 0 Å². The molecule has 1 unspecified atom stereocenters. The van der Waals surface area contributed by atoms with E-state index in [0.717, 1.165) is 69.6 Å². The Labute approximate surface area is 146 Å². The number of aromatic nitrogens is 1. The van der Waals surface area contributed by atoms with E-state index in [1.165, 1.54) is 18.7 Å². The molecule has 4 nitrogen and oxygen atoms in total. The minimum absolute atomic E-state index is 0.352. The number of hydrogen-bond donors (Lipinski definition) is 1. The van der Waals surface area contributed by atoms with Crippen LogP contribution in [0.4, 0.5) is 13.2 Å². The summed E-state index contributed by atoms with van der Waals surface area (Å²) in [6, 6.07) is 2.61. The first-order valence-corrected chi connectivity index (χ1v) is 9.07. The van der Waals surface area contributed by atoms with Crippen molar-refractivity contribution < 1.29 is 17.9 Å². The fourth-order valence-electron chi connectivity index (χ4n) is 3.60. The number of nitrogens with one attached hydrogen (secondary N) is 1. The Balaban J connectivity index is 1.38. The smallest absolute Gasteiger partial charge is 0.376 e. The number of morpholine rings is 1. The average molecular weight is 357 g/mol. The summed E-state index contributed by atoms with van der Waals surface area (Å²) in [7, 11) is 0. The highest BCUT2D eigenvalue weighted by atomic mass is 19.4. The largest absolute Gasteiger partial charge is 0.433 e. The summed E-state index contributed by atoms with van der Waals surface area (Å²) in [6.45, 7) is 5.39. The molecule has 7 heteroatoms. The number of pyridine rings is 1. The molecule has 0 amide bonds. The molecule has 2 aliphatic rings. The van der Waals surface area contributed by atoms with Crippen LogP contribution < -0.4 is 5.32 Å². The molecule has 1 N–H and O–H groups in total. The van der Waals surface area contributed by atoms with Gasteiger partial charge in [0.1, 0.15) is 5.69 Å². The molecule has 0 aromatic carbocycles. The van der Waals surface area contributed by atoms with Crippen molar-refractivity contribution in [2.45, 2.75) is 44.5 Å². The lowest BCUT2D eigenvalue weighted by Gasteiger charge is -2.33. The molecule has 140 valence electrons. The van der Waals surface area contributed by atoms with Gasteiger partial charge in [0.05, 0.1) is 12.7 Å². The van der Waals surface area contributed by atoms with Gasteiger partial charge >= 0.3 is 6.18 Å². The Hall–Kier alpha value is -1.18. The number of hydrogen-bond acceptors (Lipinski definition) is 4. The van der Waals surface area contributed by atoms with Crippen LogP contribution in [0.2, 0.25) is 0 Å². The molecule has 2 fully saturated rings. The van der Waals surface area contributed by atoms with E-state index in [2.05, 4.69) is 15.2 Å². The van der Waals surface area contributed by atoms with E-state index in [1.54, 1.807) is 0 Å². The summed E-state index contributed by atoms with van der Waals surface area (Å²) in [6.07, 6.45) is 1.94. The van der Waals surface area contributed by atoms with Gasteiger partial charge in [0, 0.05) is 25.8 Å². The minimum atomic E-state index is -4.37. The molecule has 25 heavy (non-hydrogen) atoms. The molecule has 2 saturated heterocycles. The highest BCUT2D eigenvalue weighted by molar-refractivity contribution is 5.16. The van der Waals surface area contributed by atoms with Crippen molar-refractivity contribution in [3.05, 3.63) is 29.6 Å². The summed E-state index contributed by atoms with van der Waals surface area (Å²) < 4.78 is 43.4. The van der Waals surface area contributed by atoms with Crippen LogP contribution in [0.25, 0.3) is 0 Å². The molecule has 1 aromatic heterocycles. The van der Waals surface area contributed by atoms with Gasteiger partial charge in [0.15, 0.2) is 0 Å². The number of halogens is 3. The Morgan fingerprint density at radius 3 is 2.60 bits per heavy atom. The Morgan fingerprint density at radius 2 is 2.00 bits per heavy atom. The van der Waals surface area contributed by atoms with Crippen molar-refractivity contribution in [1.29, 1.82) is 0 Å². The summed E-state index contributed by atoms with van der Waals surface area (Å²) in [5.74, 6) is 0.729. The lowest BCUT2D eigenvalue weighted by atomic mass is 9.90. The van der Waals surface area contributed by atoms with Crippen molar-refractivity contribution in [2.75, 3.05) is 32.8 Å². The van der Waals surface area contributed by atoms with Crippen LogP contribution in [0.5, 0.6) is 0 Å². The maximum Gasteiger partial charge on any atom is 0.433 e. The predicted octanol–water partition coefficient (Wildman–Crippen LogP) is 3.08. The highest BCUT2D eigenvalue weighted by Crippen LogP contribution is 2.28. The number of likely N-dealkylation sites (tertiary alicyclic amines) is 1. The zero-order valence-corrected chi connectivity index (χ0v) is 14.4. The standard InChI is InChI=1S/C18H26F3N3O/c19-18(20,21)17-4-2-15(11-23-17)13-24-8-5-14(6-9-24)1-3-16-12-22-7-10-25-16/h2,4,11,14,16,22H,1,3,5-10,12-13H2. The molecule has 0 spiro atoms. The quantitative estimate of drug-likeness (QED) is 0.879. The van der Waals surface area contributed by atoms with Crippen molar-refractivity contribution in [3.63, 3.8) is 0 Å². The fourth-order valence-corrected chi connectivity index (χ4v) is 3.60. The van der Waals surface area contributed by atoms with Crippen LogP contribution in [0.15, 0.2) is 18.3 Å². The second-order valence-corrected chi connectivity index (χ2v) is 7.04. The Morgan fingerprint density at radius 1 is 1.20 bits per heavy atom. The number of alkyl halides is 3. The van der Waals surface area contributed by atoms with Crippen molar-refractivity contribution in [1.82, 2.24) is 15.2 Å². The van der Waals surface area contributed by atoms with Crippen LogP contribution >= 0.6 is 0 Å². The third-order valence-corrected chi connectivity index (χ3v) is 5.13. The molecule has 3 rings (SSSR count). The second-order valence-electron chi connectivity index (χ2n) is 7.04. The topological polar surface area (TPSA) is 37.4 Å². The summed E-state index contributed by atoms with van der Waals surface area (Å²) in [5.41, 5.74) is 0.0162. The third kappa shape index (κ3) is 5.66. The molecule has 2 aliphatic heterocycles. The van der Waals surface area contributed by atoms with Gasteiger partial charge in [-0.15, -0.1) is 0 Å². The van der Waals surface area contributed by atoms with Gasteiger partial charge < -0.3 is 10.1 Å². The first-order chi connectivity index (χ1) is 12.0. The second kappa shape index (κ2) is 8.47. The molecular weight excluding hydrogens is 331 g/mol. The van der Waals surface area contributed by atoms with Gasteiger partial charge in [0.2, 0.25) is 0 Å². The van der Waals surface area contributed by atoms with Gasteiger partial charge in [-0.1, -0.05) is 6.07 Å². The predicted molar refractivity (Wildman–Crippen MR) is 89.1 cm³/mol. The van der Waals surface area contributed by atoms with Gasteiger partial charge in [-0.05, 0) is 56.3 Å². The van der Waals surface area contributed by atoms with E-state index in [1.807, 2.05) is 0 Å². The van der Waals surface area contributed by atoms with Crippen molar-refractivity contribution in [3.8, 4) is 0 Å². The highest BCUT2D eigenvalue weighted by Gasteiger charge is 2.32. The van der Waals surface area contributed by atoms with Crippen LogP contribution in [0.3, 0.4) is 0 Å². The van der Waals surface area contributed by atoms with E-state index >= 15 is 0 Å². The maximum atomic E-state index is 12.5. The third-order valence-electron chi connectivity index (χ3n) is 5.13.